The molecule has 1 fully saturated rings. The highest BCUT2D eigenvalue weighted by atomic mass is 32.2. The summed E-state index contributed by atoms with van der Waals surface area (Å²) in [6.45, 7) is 0. The Morgan fingerprint density at radius 1 is 1.67 bits per heavy atom. The summed E-state index contributed by atoms with van der Waals surface area (Å²) < 4.78 is 20.5. The van der Waals surface area contributed by atoms with Crippen molar-refractivity contribution in [3.8, 4) is 0 Å². The molecular formula is C5H12N2OS. The Morgan fingerprint density at radius 2 is 2.22 bits per heavy atom. The highest BCUT2D eigenvalue weighted by Crippen LogP contribution is 2.18. The Bertz CT molecular complexity index is 181. The third-order valence-corrected chi connectivity index (χ3v) is 2.28. The van der Waals surface area contributed by atoms with Gasteiger partial charge < -0.3 is 0 Å². The molecule has 0 aliphatic heterocycles. The number of nitrogens with one attached hydrogen (secondary N) is 2. The van der Waals surface area contributed by atoms with E-state index in [1.165, 1.54) is 12.7 Å². The highest BCUT2D eigenvalue weighted by Gasteiger charge is 2.18. The van der Waals surface area contributed by atoms with Crippen molar-refractivity contribution >= 4 is 9.92 Å². The third kappa shape index (κ3) is 2.32. The molecule has 2 N–H and O–H groups in total. The molecule has 9 heavy (non-hydrogen) atoms. The van der Waals surface area contributed by atoms with Gasteiger partial charge in [-0.3, -0.25) is 0 Å². The number of hydrogen-bond acceptors (Lipinski definition) is 2. The fourth-order valence-electron chi connectivity index (χ4n) is 0.844. The first-order valence-electron chi connectivity index (χ1n) is 3.09. The van der Waals surface area contributed by atoms with Crippen LogP contribution in [0.25, 0.3) is 0 Å². The van der Waals surface area contributed by atoms with Gasteiger partial charge in [0.15, 0.2) is 0 Å². The van der Waals surface area contributed by atoms with Crippen molar-refractivity contribution in [3.63, 3.8) is 0 Å². The molecule has 0 saturated heterocycles. The molecule has 1 atom stereocenters. The van der Waals surface area contributed by atoms with Crippen LogP contribution in [0.5, 0.6) is 0 Å². The molecule has 0 aromatic carbocycles. The molecule has 1 aliphatic rings. The lowest BCUT2D eigenvalue weighted by atomic mass is 9.94. The third-order valence-electron chi connectivity index (χ3n) is 1.50. The zero-order valence-electron chi connectivity index (χ0n) is 5.52. The van der Waals surface area contributed by atoms with E-state index in [9.17, 15) is 4.21 Å². The van der Waals surface area contributed by atoms with E-state index < -0.39 is 9.92 Å². The minimum atomic E-state index is -2.43. The molecule has 54 valence electrons. The molecule has 1 aliphatic carbocycles. The van der Waals surface area contributed by atoms with Gasteiger partial charge in [-0.05, 0) is 12.8 Å². The minimum Gasteiger partial charge on any atom is -0.241 e. The summed E-state index contributed by atoms with van der Waals surface area (Å²) in [6, 6.07) is 0.361. The van der Waals surface area contributed by atoms with Gasteiger partial charge in [0, 0.05) is 12.3 Å². The Hall–Kier alpha value is -0.0900. The van der Waals surface area contributed by atoms with E-state index in [0.29, 0.717) is 6.04 Å². The van der Waals surface area contributed by atoms with Crippen LogP contribution < -0.4 is 4.72 Å². The first-order chi connectivity index (χ1) is 4.08. The summed E-state index contributed by atoms with van der Waals surface area (Å²) >= 11 is 0. The molecule has 0 spiro atoms. The standard InChI is InChI=1S/C5H12N2OS/c1-9(6,8)7-5-3-2-4-5/h5H,2-4H2,1H3,(H2,6,7,8). The van der Waals surface area contributed by atoms with Gasteiger partial charge in [0.1, 0.15) is 9.92 Å². The normalized spacial score (nSPS) is 26.8. The second-order valence-electron chi connectivity index (χ2n) is 2.59. The maximum atomic E-state index is 10.7. The van der Waals surface area contributed by atoms with Crippen LogP contribution in [0.3, 0.4) is 0 Å². The second-order valence-corrected chi connectivity index (χ2v) is 4.51. The molecule has 1 rings (SSSR count). The van der Waals surface area contributed by atoms with Gasteiger partial charge in [-0.2, -0.15) is 0 Å². The molecule has 3 nitrogen and oxygen atoms in total. The van der Waals surface area contributed by atoms with E-state index >= 15 is 0 Å². The monoisotopic (exact) mass is 148 g/mol. The average molecular weight is 148 g/mol. The van der Waals surface area contributed by atoms with E-state index in [1.807, 2.05) is 0 Å². The average Bonchev–Trinajstić information content (AvgIpc) is 1.53. The van der Waals surface area contributed by atoms with Crippen LogP contribution >= 0.6 is 0 Å². The summed E-state index contributed by atoms with van der Waals surface area (Å²) in [7, 11) is -2.43. The van der Waals surface area contributed by atoms with Crippen molar-refractivity contribution in [2.75, 3.05) is 6.26 Å². The topological polar surface area (TPSA) is 53.0 Å². The summed E-state index contributed by atoms with van der Waals surface area (Å²) in [4.78, 5) is 0. The molecule has 0 aromatic rings. The number of hydrogen-bond donors (Lipinski definition) is 2. The van der Waals surface area contributed by atoms with Crippen LogP contribution in [0, 0.1) is 4.78 Å². The van der Waals surface area contributed by atoms with E-state index in [1.54, 1.807) is 0 Å². The van der Waals surface area contributed by atoms with Crippen molar-refractivity contribution in [3.05, 3.63) is 0 Å². The summed E-state index contributed by atoms with van der Waals surface area (Å²) in [6.07, 6.45) is 4.81. The Balaban J connectivity index is 2.33. The summed E-state index contributed by atoms with van der Waals surface area (Å²) in [5, 5.41) is 0. The zero-order valence-corrected chi connectivity index (χ0v) is 6.33. The van der Waals surface area contributed by atoms with Crippen LogP contribution in [-0.2, 0) is 9.92 Å². The van der Waals surface area contributed by atoms with Gasteiger partial charge in [0.05, 0.1) is 0 Å². The Kier molecular flexibility index (Phi) is 1.77. The molecule has 1 saturated carbocycles. The maximum Gasteiger partial charge on any atom is 0.102 e. The van der Waals surface area contributed by atoms with Gasteiger partial charge in [-0.25, -0.2) is 13.7 Å². The Morgan fingerprint density at radius 3 is 2.33 bits per heavy atom. The first-order valence-corrected chi connectivity index (χ1v) is 5.05. The predicted molar refractivity (Wildman–Crippen MR) is 37.6 cm³/mol. The first kappa shape index (κ1) is 7.02. The predicted octanol–water partition coefficient (Wildman–Crippen LogP) is 0.720. The van der Waals surface area contributed by atoms with E-state index in [2.05, 4.69) is 4.72 Å². The molecule has 0 bridgehead atoms. The zero-order chi connectivity index (χ0) is 6.91. The smallest absolute Gasteiger partial charge is 0.102 e. The molecule has 4 heteroatoms. The van der Waals surface area contributed by atoms with Gasteiger partial charge in [-0.15, -0.1) is 0 Å². The van der Waals surface area contributed by atoms with Gasteiger partial charge in [0.2, 0.25) is 0 Å². The molecule has 0 heterocycles. The van der Waals surface area contributed by atoms with Crippen molar-refractivity contribution in [1.29, 1.82) is 4.78 Å². The SMILES string of the molecule is CS(=N)(=O)NC1CCC1. The fourth-order valence-corrected chi connectivity index (χ4v) is 1.72. The molecule has 0 aromatic heterocycles. The van der Waals surface area contributed by atoms with Crippen LogP contribution in [0.4, 0.5) is 0 Å². The maximum absolute atomic E-state index is 10.7. The lowest BCUT2D eigenvalue weighted by molar-refractivity contribution is 0.389. The molecule has 1 unspecified atom stereocenters. The fraction of sp³-hybridized carbons (Fsp3) is 1.00. The van der Waals surface area contributed by atoms with Crippen molar-refractivity contribution < 1.29 is 4.21 Å². The van der Waals surface area contributed by atoms with E-state index in [4.69, 9.17) is 4.78 Å². The second kappa shape index (κ2) is 2.27. The number of rotatable bonds is 2. The Labute approximate surface area is 55.9 Å². The van der Waals surface area contributed by atoms with Crippen LogP contribution in [0.1, 0.15) is 19.3 Å². The van der Waals surface area contributed by atoms with Gasteiger partial charge in [-0.1, -0.05) is 6.42 Å². The summed E-state index contributed by atoms with van der Waals surface area (Å²) in [5.74, 6) is 0. The van der Waals surface area contributed by atoms with E-state index in [-0.39, 0.29) is 0 Å². The minimum absolute atomic E-state index is 0.361. The molecule has 0 amide bonds. The molecule has 0 radical (unpaired) electrons. The highest BCUT2D eigenvalue weighted by molar-refractivity contribution is 7.89. The lowest BCUT2D eigenvalue weighted by Crippen LogP contribution is -2.38. The van der Waals surface area contributed by atoms with Gasteiger partial charge in [0.25, 0.3) is 0 Å². The van der Waals surface area contributed by atoms with Gasteiger partial charge >= 0.3 is 0 Å². The largest absolute Gasteiger partial charge is 0.241 e. The van der Waals surface area contributed by atoms with Crippen molar-refractivity contribution in [1.82, 2.24) is 4.72 Å². The van der Waals surface area contributed by atoms with Crippen LogP contribution in [0.2, 0.25) is 0 Å². The molecular weight excluding hydrogens is 136 g/mol. The van der Waals surface area contributed by atoms with Crippen molar-refractivity contribution in [2.45, 2.75) is 25.3 Å². The summed E-state index contributed by atoms with van der Waals surface area (Å²) in [5.41, 5.74) is 0. The van der Waals surface area contributed by atoms with Crippen LogP contribution in [0.15, 0.2) is 0 Å². The van der Waals surface area contributed by atoms with Crippen molar-refractivity contribution in [2.24, 2.45) is 0 Å². The quantitative estimate of drug-likeness (QED) is 0.595. The lowest BCUT2D eigenvalue weighted by Gasteiger charge is -2.26. The van der Waals surface area contributed by atoms with E-state index in [0.717, 1.165) is 12.8 Å². The van der Waals surface area contributed by atoms with Crippen LogP contribution in [-0.4, -0.2) is 16.5 Å².